The van der Waals surface area contributed by atoms with Gasteiger partial charge in [0.2, 0.25) is 0 Å². The molecular weight excluding hydrogens is 223 g/mol. The lowest BCUT2D eigenvalue weighted by Gasteiger charge is -2.14. The molecule has 0 radical (unpaired) electrons. The predicted molar refractivity (Wildman–Crippen MR) is 65.2 cm³/mol. The van der Waals surface area contributed by atoms with Gasteiger partial charge in [-0.15, -0.1) is 0 Å². The van der Waals surface area contributed by atoms with Crippen molar-refractivity contribution < 1.29 is 13.6 Å². The van der Waals surface area contributed by atoms with E-state index >= 15 is 0 Å². The number of fused-ring (bicyclic) bond motifs is 1. The van der Waals surface area contributed by atoms with Crippen LogP contribution in [0.1, 0.15) is 0 Å². The highest BCUT2D eigenvalue weighted by atomic mass is 31.2. The van der Waals surface area contributed by atoms with E-state index in [0.717, 1.165) is 10.8 Å². The van der Waals surface area contributed by atoms with Crippen molar-refractivity contribution in [3.8, 4) is 0 Å². The Balaban J connectivity index is 2.59. The first-order valence-corrected chi connectivity index (χ1v) is 6.45. The van der Waals surface area contributed by atoms with Crippen LogP contribution >= 0.6 is 7.60 Å². The van der Waals surface area contributed by atoms with Gasteiger partial charge in [0.15, 0.2) is 0 Å². The van der Waals surface area contributed by atoms with Crippen molar-refractivity contribution in [1.29, 1.82) is 0 Å². The maximum absolute atomic E-state index is 12.2. The number of benzene rings is 2. The molecule has 2 aromatic carbocycles. The second kappa shape index (κ2) is 4.38. The van der Waals surface area contributed by atoms with Gasteiger partial charge in [0, 0.05) is 14.2 Å². The normalized spacial score (nSPS) is 11.9. The zero-order valence-electron chi connectivity index (χ0n) is 9.21. The van der Waals surface area contributed by atoms with Gasteiger partial charge >= 0.3 is 7.60 Å². The molecule has 0 aromatic heterocycles. The lowest BCUT2D eigenvalue weighted by atomic mass is 10.1. The zero-order chi connectivity index (χ0) is 11.6. The lowest BCUT2D eigenvalue weighted by Crippen LogP contribution is -2.07. The molecule has 0 aliphatic heterocycles. The van der Waals surface area contributed by atoms with Crippen molar-refractivity contribution >= 4 is 23.7 Å². The topological polar surface area (TPSA) is 35.5 Å². The molecule has 16 heavy (non-hydrogen) atoms. The molecule has 0 saturated carbocycles. The Bertz CT molecular complexity index is 543. The maximum atomic E-state index is 12.2. The van der Waals surface area contributed by atoms with Gasteiger partial charge in [-0.3, -0.25) is 4.57 Å². The van der Waals surface area contributed by atoms with Gasteiger partial charge in [-0.25, -0.2) is 0 Å². The summed E-state index contributed by atoms with van der Waals surface area (Å²) in [5.74, 6) is 0. The van der Waals surface area contributed by atoms with E-state index in [-0.39, 0.29) is 0 Å². The van der Waals surface area contributed by atoms with Crippen molar-refractivity contribution in [3.05, 3.63) is 42.5 Å². The molecule has 0 atom stereocenters. The second-order valence-corrected chi connectivity index (χ2v) is 5.64. The van der Waals surface area contributed by atoms with E-state index in [1.165, 1.54) is 14.2 Å². The first kappa shape index (κ1) is 11.3. The van der Waals surface area contributed by atoms with Crippen molar-refractivity contribution in [3.63, 3.8) is 0 Å². The third-order valence-corrected chi connectivity index (χ3v) is 4.40. The predicted octanol–water partition coefficient (Wildman–Crippen LogP) is 2.95. The van der Waals surface area contributed by atoms with E-state index in [1.54, 1.807) is 6.07 Å². The van der Waals surface area contributed by atoms with Gasteiger partial charge in [-0.05, 0) is 22.9 Å². The highest BCUT2D eigenvalue weighted by Crippen LogP contribution is 2.45. The Labute approximate surface area is 94.5 Å². The van der Waals surface area contributed by atoms with Crippen molar-refractivity contribution in [2.45, 2.75) is 0 Å². The molecule has 0 unspecified atom stereocenters. The monoisotopic (exact) mass is 236 g/mol. The molecule has 0 aliphatic rings. The van der Waals surface area contributed by atoms with Gasteiger partial charge in [0.05, 0.1) is 5.30 Å². The standard InChI is InChI=1S/C12H13O3P/c1-14-16(13,15-2)12-8-7-10-5-3-4-6-11(10)9-12/h3-9H,1-2H3. The summed E-state index contributed by atoms with van der Waals surface area (Å²) in [5, 5.41) is 2.70. The van der Waals surface area contributed by atoms with Crippen LogP contribution in [0, 0.1) is 0 Å². The quantitative estimate of drug-likeness (QED) is 0.768. The van der Waals surface area contributed by atoms with Gasteiger partial charge in [-0.1, -0.05) is 30.3 Å². The number of rotatable bonds is 3. The summed E-state index contributed by atoms with van der Waals surface area (Å²) in [4.78, 5) is 0. The van der Waals surface area contributed by atoms with Gasteiger partial charge < -0.3 is 9.05 Å². The minimum Gasteiger partial charge on any atom is -0.309 e. The molecule has 0 amide bonds. The average molecular weight is 236 g/mol. The molecular formula is C12H13O3P. The highest BCUT2D eigenvalue weighted by Gasteiger charge is 2.24. The zero-order valence-corrected chi connectivity index (χ0v) is 10.1. The summed E-state index contributed by atoms with van der Waals surface area (Å²) in [7, 11) is -0.361. The van der Waals surface area contributed by atoms with E-state index in [2.05, 4.69) is 0 Å². The van der Waals surface area contributed by atoms with Crippen LogP contribution in [0.15, 0.2) is 42.5 Å². The summed E-state index contributed by atoms with van der Waals surface area (Å²) in [5.41, 5.74) is 0. The van der Waals surface area contributed by atoms with Gasteiger partial charge in [0.1, 0.15) is 0 Å². The molecule has 2 aromatic rings. The molecule has 0 spiro atoms. The van der Waals surface area contributed by atoms with Crippen LogP contribution in [-0.4, -0.2) is 14.2 Å². The Hall–Kier alpha value is -1.15. The van der Waals surface area contributed by atoms with Crippen LogP contribution in [0.4, 0.5) is 0 Å². The van der Waals surface area contributed by atoms with Crippen molar-refractivity contribution in [2.75, 3.05) is 14.2 Å². The third kappa shape index (κ3) is 1.90. The number of hydrogen-bond acceptors (Lipinski definition) is 3. The van der Waals surface area contributed by atoms with Crippen LogP contribution in [0.3, 0.4) is 0 Å². The Kier molecular flexibility index (Phi) is 3.10. The maximum Gasteiger partial charge on any atom is 0.360 e. The summed E-state index contributed by atoms with van der Waals surface area (Å²) < 4.78 is 22.1. The van der Waals surface area contributed by atoms with Crippen molar-refractivity contribution in [2.24, 2.45) is 0 Å². The Morgan fingerprint density at radius 1 is 0.938 bits per heavy atom. The summed E-state index contributed by atoms with van der Waals surface area (Å²) in [6.07, 6.45) is 0. The molecule has 3 nitrogen and oxygen atoms in total. The lowest BCUT2D eigenvalue weighted by molar-refractivity contribution is 0.287. The summed E-state index contributed by atoms with van der Waals surface area (Å²) in [6.45, 7) is 0. The van der Waals surface area contributed by atoms with E-state index < -0.39 is 7.60 Å². The molecule has 0 N–H and O–H groups in total. The largest absolute Gasteiger partial charge is 0.360 e. The Morgan fingerprint density at radius 2 is 1.56 bits per heavy atom. The van der Waals surface area contributed by atoms with Gasteiger partial charge in [-0.2, -0.15) is 0 Å². The van der Waals surface area contributed by atoms with Crippen LogP contribution in [0.2, 0.25) is 0 Å². The van der Waals surface area contributed by atoms with E-state index in [9.17, 15) is 4.57 Å². The van der Waals surface area contributed by atoms with Crippen molar-refractivity contribution in [1.82, 2.24) is 0 Å². The molecule has 0 aliphatic carbocycles. The van der Waals surface area contributed by atoms with E-state index in [4.69, 9.17) is 9.05 Å². The first-order valence-electron chi connectivity index (χ1n) is 4.90. The fourth-order valence-corrected chi connectivity index (χ4v) is 2.76. The first-order chi connectivity index (χ1) is 7.69. The Morgan fingerprint density at radius 3 is 2.19 bits per heavy atom. The molecule has 0 bridgehead atoms. The van der Waals surface area contributed by atoms with Crippen LogP contribution in [0.5, 0.6) is 0 Å². The van der Waals surface area contributed by atoms with Crippen LogP contribution in [-0.2, 0) is 13.6 Å². The molecule has 84 valence electrons. The minimum absolute atomic E-state index is 0.580. The SMILES string of the molecule is COP(=O)(OC)c1ccc2ccccc2c1. The minimum atomic E-state index is -3.14. The average Bonchev–Trinajstić information content (AvgIpc) is 2.37. The fourth-order valence-electron chi connectivity index (χ4n) is 1.63. The molecule has 0 fully saturated rings. The highest BCUT2D eigenvalue weighted by molar-refractivity contribution is 7.62. The van der Waals surface area contributed by atoms with E-state index in [1.807, 2.05) is 36.4 Å². The molecule has 2 rings (SSSR count). The molecule has 0 saturated heterocycles. The van der Waals surface area contributed by atoms with E-state index in [0.29, 0.717) is 5.30 Å². The summed E-state index contributed by atoms with van der Waals surface area (Å²) >= 11 is 0. The fraction of sp³-hybridized carbons (Fsp3) is 0.167. The third-order valence-electron chi connectivity index (χ3n) is 2.53. The van der Waals surface area contributed by atoms with Crippen LogP contribution < -0.4 is 5.30 Å². The summed E-state index contributed by atoms with van der Waals surface area (Å²) in [6, 6.07) is 13.4. The van der Waals surface area contributed by atoms with Gasteiger partial charge in [0.25, 0.3) is 0 Å². The van der Waals surface area contributed by atoms with Crippen LogP contribution in [0.25, 0.3) is 10.8 Å². The number of hydrogen-bond donors (Lipinski definition) is 0. The smallest absolute Gasteiger partial charge is 0.309 e. The molecule has 4 heteroatoms. The molecule has 0 heterocycles. The second-order valence-electron chi connectivity index (χ2n) is 3.39.